The molecule has 4 heteroatoms. The van der Waals surface area contributed by atoms with Crippen LogP contribution < -0.4 is 0 Å². The molecular formula is C15H20N2O2. The van der Waals surface area contributed by atoms with Crippen LogP contribution in [0.3, 0.4) is 0 Å². The van der Waals surface area contributed by atoms with Crippen LogP contribution in [-0.4, -0.2) is 54.7 Å². The molecule has 1 heterocycles. The van der Waals surface area contributed by atoms with Gasteiger partial charge >= 0.3 is 0 Å². The Labute approximate surface area is 114 Å². The van der Waals surface area contributed by atoms with Crippen molar-refractivity contribution >= 4 is 11.7 Å². The molecule has 0 aliphatic carbocycles. The van der Waals surface area contributed by atoms with Gasteiger partial charge < -0.3 is 9.80 Å². The molecule has 0 bridgehead atoms. The zero-order chi connectivity index (χ0) is 14.0. The zero-order valence-corrected chi connectivity index (χ0v) is 11.8. The van der Waals surface area contributed by atoms with Crippen LogP contribution in [0.2, 0.25) is 0 Å². The molecular weight excluding hydrogens is 240 g/mol. The minimum absolute atomic E-state index is 0.0381. The zero-order valence-electron chi connectivity index (χ0n) is 11.8. The predicted molar refractivity (Wildman–Crippen MR) is 74.6 cm³/mol. The smallest absolute Gasteiger partial charge is 0.253 e. The SMILES string of the molecule is CC(=O)c1ccc(C(=O)N2CCN(C)CC2)cc1C. The molecule has 2 rings (SSSR count). The van der Waals surface area contributed by atoms with Crippen molar-refractivity contribution in [2.45, 2.75) is 13.8 Å². The van der Waals surface area contributed by atoms with Crippen molar-refractivity contribution in [1.29, 1.82) is 0 Å². The van der Waals surface area contributed by atoms with Crippen LogP contribution in [0.5, 0.6) is 0 Å². The predicted octanol–water partition coefficient (Wildman–Crippen LogP) is 1.59. The van der Waals surface area contributed by atoms with Gasteiger partial charge in [-0.15, -0.1) is 0 Å². The van der Waals surface area contributed by atoms with E-state index in [1.54, 1.807) is 19.1 Å². The molecule has 19 heavy (non-hydrogen) atoms. The lowest BCUT2D eigenvalue weighted by molar-refractivity contribution is 0.0663. The van der Waals surface area contributed by atoms with Gasteiger partial charge in [-0.25, -0.2) is 0 Å². The molecule has 102 valence electrons. The number of benzene rings is 1. The van der Waals surface area contributed by atoms with Crippen molar-refractivity contribution in [2.75, 3.05) is 33.2 Å². The van der Waals surface area contributed by atoms with Gasteiger partial charge in [0.25, 0.3) is 5.91 Å². The molecule has 0 saturated carbocycles. The number of likely N-dealkylation sites (N-methyl/N-ethyl adjacent to an activating group) is 1. The number of hydrogen-bond donors (Lipinski definition) is 0. The van der Waals surface area contributed by atoms with Gasteiger partial charge in [0.05, 0.1) is 0 Å². The quantitative estimate of drug-likeness (QED) is 0.758. The third-order valence-corrected chi connectivity index (χ3v) is 3.64. The monoisotopic (exact) mass is 260 g/mol. The lowest BCUT2D eigenvalue weighted by atomic mass is 10.0. The Morgan fingerprint density at radius 3 is 2.26 bits per heavy atom. The summed E-state index contributed by atoms with van der Waals surface area (Å²) in [7, 11) is 2.06. The van der Waals surface area contributed by atoms with Gasteiger partial charge in [-0.1, -0.05) is 6.07 Å². The molecule has 0 N–H and O–H groups in total. The Morgan fingerprint density at radius 1 is 1.11 bits per heavy atom. The number of aryl methyl sites for hydroxylation is 1. The standard InChI is InChI=1S/C15H20N2O2/c1-11-10-13(4-5-14(11)12(2)18)15(19)17-8-6-16(3)7-9-17/h4-5,10H,6-9H2,1-3H3. The summed E-state index contributed by atoms with van der Waals surface area (Å²) in [6.45, 7) is 6.78. The van der Waals surface area contributed by atoms with Crippen molar-refractivity contribution in [2.24, 2.45) is 0 Å². The number of Topliss-reactive ketones (excluding diaryl/α,β-unsaturated/α-hetero) is 1. The Hall–Kier alpha value is -1.68. The second-order valence-corrected chi connectivity index (χ2v) is 5.18. The first-order chi connectivity index (χ1) is 8.99. The summed E-state index contributed by atoms with van der Waals surface area (Å²) < 4.78 is 0. The maximum Gasteiger partial charge on any atom is 0.253 e. The second-order valence-electron chi connectivity index (χ2n) is 5.18. The lowest BCUT2D eigenvalue weighted by Gasteiger charge is -2.32. The minimum atomic E-state index is 0.0381. The highest BCUT2D eigenvalue weighted by molar-refractivity contribution is 5.99. The van der Waals surface area contributed by atoms with E-state index in [-0.39, 0.29) is 11.7 Å². The van der Waals surface area contributed by atoms with E-state index in [0.717, 1.165) is 31.7 Å². The number of amides is 1. The summed E-state index contributed by atoms with van der Waals surface area (Å²) in [5, 5.41) is 0. The van der Waals surface area contributed by atoms with Gasteiger partial charge in [-0.3, -0.25) is 9.59 Å². The van der Waals surface area contributed by atoms with Crippen LogP contribution in [0.15, 0.2) is 18.2 Å². The molecule has 1 aromatic carbocycles. The third kappa shape index (κ3) is 3.01. The van der Waals surface area contributed by atoms with Gasteiger partial charge in [0.15, 0.2) is 5.78 Å². The summed E-state index contributed by atoms with van der Waals surface area (Å²) in [6.07, 6.45) is 0. The molecule has 0 unspecified atom stereocenters. The Balaban J connectivity index is 2.16. The number of nitrogens with zero attached hydrogens (tertiary/aromatic N) is 2. The Bertz CT molecular complexity index is 503. The minimum Gasteiger partial charge on any atom is -0.336 e. The number of hydrogen-bond acceptors (Lipinski definition) is 3. The molecule has 0 aromatic heterocycles. The van der Waals surface area contributed by atoms with E-state index < -0.39 is 0 Å². The van der Waals surface area contributed by atoms with E-state index >= 15 is 0 Å². The van der Waals surface area contributed by atoms with Crippen LogP contribution in [-0.2, 0) is 0 Å². The fourth-order valence-electron chi connectivity index (χ4n) is 2.38. The molecule has 0 atom stereocenters. The highest BCUT2D eigenvalue weighted by atomic mass is 16.2. The van der Waals surface area contributed by atoms with Gasteiger partial charge in [0.2, 0.25) is 0 Å². The van der Waals surface area contributed by atoms with Gasteiger partial charge in [0, 0.05) is 37.3 Å². The highest BCUT2D eigenvalue weighted by Gasteiger charge is 2.20. The maximum absolute atomic E-state index is 12.4. The Morgan fingerprint density at radius 2 is 1.74 bits per heavy atom. The molecule has 1 fully saturated rings. The van der Waals surface area contributed by atoms with Crippen LogP contribution >= 0.6 is 0 Å². The van der Waals surface area contributed by atoms with Crippen molar-refractivity contribution in [3.05, 3.63) is 34.9 Å². The molecule has 4 nitrogen and oxygen atoms in total. The Kier molecular flexibility index (Phi) is 4.00. The van der Waals surface area contributed by atoms with Crippen LogP contribution in [0, 0.1) is 6.92 Å². The first-order valence-electron chi connectivity index (χ1n) is 6.58. The average molecular weight is 260 g/mol. The first-order valence-corrected chi connectivity index (χ1v) is 6.58. The second kappa shape index (κ2) is 5.53. The fraction of sp³-hybridized carbons (Fsp3) is 0.467. The highest BCUT2D eigenvalue weighted by Crippen LogP contribution is 2.14. The largest absolute Gasteiger partial charge is 0.336 e. The summed E-state index contributed by atoms with van der Waals surface area (Å²) in [6, 6.07) is 5.32. The average Bonchev–Trinajstić information content (AvgIpc) is 2.38. The van der Waals surface area contributed by atoms with Crippen molar-refractivity contribution in [1.82, 2.24) is 9.80 Å². The molecule has 1 aromatic rings. The topological polar surface area (TPSA) is 40.6 Å². The number of ketones is 1. The molecule has 1 amide bonds. The molecule has 0 spiro atoms. The normalized spacial score (nSPS) is 16.5. The first kappa shape index (κ1) is 13.7. The summed E-state index contributed by atoms with van der Waals surface area (Å²) in [5.74, 6) is 0.0994. The van der Waals surface area contributed by atoms with E-state index in [2.05, 4.69) is 11.9 Å². The van der Waals surface area contributed by atoms with Crippen molar-refractivity contribution in [3.8, 4) is 0 Å². The van der Waals surface area contributed by atoms with Gasteiger partial charge in [0.1, 0.15) is 0 Å². The van der Waals surface area contributed by atoms with Crippen LogP contribution in [0.1, 0.15) is 33.2 Å². The summed E-state index contributed by atoms with van der Waals surface area (Å²) in [4.78, 5) is 27.8. The number of carbonyl (C=O) groups is 2. The molecule has 1 aliphatic heterocycles. The summed E-state index contributed by atoms with van der Waals surface area (Å²) >= 11 is 0. The van der Waals surface area contributed by atoms with E-state index in [0.29, 0.717) is 11.1 Å². The number of piperazine rings is 1. The van der Waals surface area contributed by atoms with Crippen LogP contribution in [0.25, 0.3) is 0 Å². The van der Waals surface area contributed by atoms with Gasteiger partial charge in [-0.2, -0.15) is 0 Å². The van der Waals surface area contributed by atoms with Gasteiger partial charge in [-0.05, 0) is 38.6 Å². The van der Waals surface area contributed by atoms with Crippen molar-refractivity contribution in [3.63, 3.8) is 0 Å². The third-order valence-electron chi connectivity index (χ3n) is 3.64. The van der Waals surface area contributed by atoms with Crippen LogP contribution in [0.4, 0.5) is 0 Å². The van der Waals surface area contributed by atoms with E-state index in [9.17, 15) is 9.59 Å². The molecule has 0 radical (unpaired) electrons. The van der Waals surface area contributed by atoms with Crippen molar-refractivity contribution < 1.29 is 9.59 Å². The number of carbonyl (C=O) groups excluding carboxylic acids is 2. The summed E-state index contributed by atoms with van der Waals surface area (Å²) in [5.41, 5.74) is 2.23. The van der Waals surface area contributed by atoms with E-state index in [4.69, 9.17) is 0 Å². The fourth-order valence-corrected chi connectivity index (χ4v) is 2.38. The lowest BCUT2D eigenvalue weighted by Crippen LogP contribution is -2.47. The van der Waals surface area contributed by atoms with E-state index in [1.165, 1.54) is 0 Å². The molecule has 1 saturated heterocycles. The number of rotatable bonds is 2. The van der Waals surface area contributed by atoms with E-state index in [1.807, 2.05) is 17.9 Å². The molecule has 1 aliphatic rings. The maximum atomic E-state index is 12.4.